The number of ether oxygens (including phenoxy) is 6. The van der Waals surface area contributed by atoms with E-state index >= 15 is 0 Å². The van der Waals surface area contributed by atoms with E-state index in [1.165, 1.54) is 18.0 Å². The number of carbonyl (C=O) groups is 1. The van der Waals surface area contributed by atoms with Crippen LogP contribution >= 0.6 is 7.60 Å². The monoisotopic (exact) mass is 1000 g/mol. The van der Waals surface area contributed by atoms with E-state index in [2.05, 4.69) is 51.1 Å². The Morgan fingerprint density at radius 3 is 1.90 bits per heavy atom. The molecule has 1 fully saturated rings. The van der Waals surface area contributed by atoms with Gasteiger partial charge in [-0.15, -0.1) is 0 Å². The molecule has 0 saturated carbocycles. The Labute approximate surface area is 413 Å². The molecule has 0 aliphatic carbocycles. The molecule has 8 rings (SSSR count). The van der Waals surface area contributed by atoms with E-state index in [0.717, 1.165) is 27.1 Å². The number of amides is 1. The number of carbonyl (C=O) groups excluding carboxylic acids is 1. The van der Waals surface area contributed by atoms with Gasteiger partial charge in [0.1, 0.15) is 43.5 Å². The van der Waals surface area contributed by atoms with E-state index in [4.69, 9.17) is 32.9 Å². The lowest BCUT2D eigenvalue weighted by molar-refractivity contribution is -0.118. The van der Waals surface area contributed by atoms with Crippen LogP contribution in [0.2, 0.25) is 12.6 Å². The highest BCUT2D eigenvalue weighted by molar-refractivity contribution is 7.53. The molecule has 372 valence electrons. The van der Waals surface area contributed by atoms with Crippen molar-refractivity contribution < 1.29 is 47.2 Å². The number of fused-ring (bicyclic) bond motifs is 1. The number of rotatable bonds is 22. The molecule has 5 aromatic carbocycles. The summed E-state index contributed by atoms with van der Waals surface area (Å²) in [6, 6.07) is 45.4. The van der Waals surface area contributed by atoms with Crippen LogP contribution in [0.15, 0.2) is 151 Å². The van der Waals surface area contributed by atoms with Crippen molar-refractivity contribution in [3.63, 3.8) is 0 Å². The van der Waals surface area contributed by atoms with Crippen LogP contribution in [0.25, 0.3) is 11.2 Å². The van der Waals surface area contributed by atoms with Crippen molar-refractivity contribution in [2.75, 3.05) is 52.6 Å². The number of nitrogens with zero attached hydrogens (tertiary/aromatic N) is 3. The fraction of sp³-hybridized carbons (Fsp3) is 0.321. The second-order valence-corrected chi connectivity index (χ2v) is 24.1. The van der Waals surface area contributed by atoms with Crippen LogP contribution in [0.4, 0.5) is 5.95 Å². The molecule has 7 aromatic rings. The molecule has 0 bridgehead atoms. The third kappa shape index (κ3) is 11.1. The average Bonchev–Trinajstić information content (AvgIpc) is 3.97. The smallest absolute Gasteiger partial charge is 0.328 e. The second kappa shape index (κ2) is 22.4. The maximum atomic E-state index is 15.0. The first-order valence-electron chi connectivity index (χ1n) is 23.4. The molecule has 18 heteroatoms. The molecule has 3 N–H and O–H groups in total. The molecule has 1 aliphatic rings. The van der Waals surface area contributed by atoms with Gasteiger partial charge in [-0.25, -0.2) is 4.98 Å². The van der Waals surface area contributed by atoms with Crippen LogP contribution in [0.5, 0.6) is 11.5 Å². The van der Waals surface area contributed by atoms with E-state index in [1.807, 2.05) is 115 Å². The lowest BCUT2D eigenvalue weighted by Gasteiger charge is -2.37. The third-order valence-corrected chi connectivity index (χ3v) is 19.2. The van der Waals surface area contributed by atoms with Gasteiger partial charge in [0.25, 0.3) is 5.56 Å². The average molecular weight is 1000 g/mol. The molecule has 1 aliphatic heterocycles. The lowest BCUT2D eigenvalue weighted by Crippen LogP contribution is -2.56. The molecule has 3 heterocycles. The van der Waals surface area contributed by atoms with Gasteiger partial charge in [0, 0.05) is 19.2 Å². The number of benzene rings is 5. The summed E-state index contributed by atoms with van der Waals surface area (Å²) >= 11 is 0. The Morgan fingerprint density at radius 1 is 0.817 bits per heavy atom. The molecular formula is C53H60N5O11PSi. The van der Waals surface area contributed by atoms with Crippen LogP contribution in [-0.2, 0) is 38.4 Å². The van der Waals surface area contributed by atoms with Gasteiger partial charge in [0.15, 0.2) is 17.4 Å². The molecule has 5 atom stereocenters. The van der Waals surface area contributed by atoms with Crippen LogP contribution < -0.4 is 30.7 Å². The largest absolute Gasteiger partial charge is 0.497 e. The highest BCUT2D eigenvalue weighted by atomic mass is 31.2. The Bertz CT molecular complexity index is 2880. The zero-order chi connectivity index (χ0) is 50.2. The van der Waals surface area contributed by atoms with Crippen molar-refractivity contribution in [1.82, 2.24) is 19.5 Å². The summed E-state index contributed by atoms with van der Waals surface area (Å²) in [6.07, 6.45) is -3.48. The first-order chi connectivity index (χ1) is 34.3. The number of hydrogen-bond acceptors (Lipinski definition) is 12. The summed E-state index contributed by atoms with van der Waals surface area (Å²) in [5, 5.41) is 4.88. The number of methoxy groups -OCH3 is 3. The van der Waals surface area contributed by atoms with Crippen molar-refractivity contribution >= 4 is 49.1 Å². The third-order valence-electron chi connectivity index (χ3n) is 13.0. The Balaban J connectivity index is 1.24. The Kier molecular flexibility index (Phi) is 16.1. The molecule has 2 aromatic heterocycles. The van der Waals surface area contributed by atoms with Crippen LogP contribution in [-0.4, -0.2) is 104 Å². The number of aromatic nitrogens is 4. The maximum absolute atomic E-state index is 15.0. The number of hydrogen-bond donors (Lipinski definition) is 3. The number of imidazole rings is 1. The summed E-state index contributed by atoms with van der Waals surface area (Å²) < 4.78 is 60.5. The first kappa shape index (κ1) is 51.1. The van der Waals surface area contributed by atoms with Gasteiger partial charge in [0.05, 0.1) is 40.4 Å². The topological polar surface area (TPSA) is 195 Å². The van der Waals surface area contributed by atoms with E-state index < -0.39 is 57.3 Å². The van der Waals surface area contributed by atoms with Crippen molar-refractivity contribution in [3.05, 3.63) is 173 Å². The minimum atomic E-state index is -4.52. The van der Waals surface area contributed by atoms with Crippen LogP contribution in [0, 0.1) is 5.92 Å². The summed E-state index contributed by atoms with van der Waals surface area (Å²) in [5.41, 5.74) is 0.361. The van der Waals surface area contributed by atoms with Gasteiger partial charge in [-0.05, 0) is 47.0 Å². The van der Waals surface area contributed by atoms with Crippen LogP contribution in [0.1, 0.15) is 36.8 Å². The summed E-state index contributed by atoms with van der Waals surface area (Å²) in [6.45, 7) is 5.58. The quantitative estimate of drug-likeness (QED) is 0.0269. The standard InChI is InChI=1S/C53H60N5O11PSi/c1-36(2)49(59)56-52-55-48-45(50(60)57-52)54-35-58(48)51-47(66-31-30-63-3)46(69-70(61,62)32-33-71(6,42-18-12-8-13-19-42)43-20-14-9-15-21-43)44(68-51)34-67-53(37-16-10-7-11-17-37,38-22-26-40(64-4)27-23-38)39-24-28-41(65-5)29-25-39/h7-29,35-36,44,46-47,51H,30-34H2,1-6H3,(H,61,62)(H2,55,56,57,59,60)/t44-,46-,47-,51-/m1/s1. The zero-order valence-electron chi connectivity index (χ0n) is 40.6. The molecule has 1 amide bonds. The Hall–Kier alpha value is -6.27. The lowest BCUT2D eigenvalue weighted by atomic mass is 9.80. The fourth-order valence-electron chi connectivity index (χ4n) is 9.03. The van der Waals surface area contributed by atoms with Gasteiger partial charge in [-0.3, -0.25) is 33.5 Å². The fourth-order valence-corrected chi connectivity index (χ4v) is 15.5. The predicted octanol–water partition coefficient (Wildman–Crippen LogP) is 7.13. The van der Waals surface area contributed by atoms with Gasteiger partial charge >= 0.3 is 7.60 Å². The highest BCUT2D eigenvalue weighted by Crippen LogP contribution is 2.51. The number of aromatic amines is 1. The molecule has 1 unspecified atom stereocenters. The first-order valence-corrected chi connectivity index (χ1v) is 27.9. The van der Waals surface area contributed by atoms with Gasteiger partial charge < -0.3 is 33.3 Å². The van der Waals surface area contributed by atoms with Crippen LogP contribution in [0.3, 0.4) is 0 Å². The van der Waals surface area contributed by atoms with Crippen molar-refractivity contribution in [2.24, 2.45) is 5.92 Å². The number of H-pyrrole nitrogens is 1. The van der Waals surface area contributed by atoms with Gasteiger partial charge in [-0.2, -0.15) is 4.98 Å². The number of anilines is 1. The van der Waals surface area contributed by atoms with Crippen molar-refractivity contribution in [2.45, 2.75) is 56.6 Å². The van der Waals surface area contributed by atoms with Gasteiger partial charge in [0.2, 0.25) is 11.9 Å². The highest BCUT2D eigenvalue weighted by Gasteiger charge is 2.52. The minimum Gasteiger partial charge on any atom is -0.497 e. The SMILES string of the molecule is COCCO[C@@H]1[C@H](OP(=O)(O)CC[Si](C)(c2ccccc2)c2ccccc2)[C@@H](COC(c2ccccc2)(c2ccc(OC)cc2)c2ccc(OC)cc2)O[C@H]1n1cnc2c(=O)[nH]c(NC(=O)C(C)C)nc21. The summed E-state index contributed by atoms with van der Waals surface area (Å²) in [7, 11) is -2.42. The number of nitrogens with one attached hydrogen (secondary N) is 2. The summed E-state index contributed by atoms with van der Waals surface area (Å²) in [4.78, 5) is 50.2. The minimum absolute atomic E-state index is 0.0270. The van der Waals surface area contributed by atoms with E-state index in [9.17, 15) is 19.0 Å². The van der Waals surface area contributed by atoms with E-state index in [0.29, 0.717) is 17.5 Å². The zero-order valence-corrected chi connectivity index (χ0v) is 42.5. The molecule has 16 nitrogen and oxygen atoms in total. The summed E-state index contributed by atoms with van der Waals surface area (Å²) in [5.74, 6) is 0.406. The molecular weight excluding hydrogens is 942 g/mol. The van der Waals surface area contributed by atoms with E-state index in [-0.39, 0.29) is 49.0 Å². The van der Waals surface area contributed by atoms with Gasteiger partial charge in [-0.1, -0.05) is 146 Å². The van der Waals surface area contributed by atoms with Crippen molar-refractivity contribution in [1.29, 1.82) is 0 Å². The maximum Gasteiger partial charge on any atom is 0.328 e. The molecule has 0 spiro atoms. The molecule has 1 saturated heterocycles. The molecule has 0 radical (unpaired) electrons. The molecule has 71 heavy (non-hydrogen) atoms. The normalized spacial score (nSPS) is 18.1. The predicted molar refractivity (Wildman–Crippen MR) is 274 cm³/mol. The second-order valence-electron chi connectivity index (χ2n) is 17.8. The van der Waals surface area contributed by atoms with Crippen molar-refractivity contribution in [3.8, 4) is 11.5 Å². The Morgan fingerprint density at radius 2 is 1.37 bits per heavy atom. The van der Waals surface area contributed by atoms with E-state index in [1.54, 1.807) is 28.1 Å².